The third-order valence-corrected chi connectivity index (χ3v) is 10.4. The summed E-state index contributed by atoms with van der Waals surface area (Å²) in [7, 11) is -1.87. The Morgan fingerprint density at radius 2 is 1.62 bits per heavy atom. The highest BCUT2D eigenvalue weighted by Crippen LogP contribution is 2.43. The minimum Gasteiger partial charge on any atom is -0.541 e. The fraction of sp³-hybridized carbons (Fsp3) is 0.529. The van der Waals surface area contributed by atoms with Crippen molar-refractivity contribution in [3.05, 3.63) is 27.4 Å². The number of halogens is 1. The SMILES string of the molecule is Cc1c(Br)c(C)c2c(O[Si](C)(C)C(C)(C)C)coc2c1C. The van der Waals surface area contributed by atoms with Gasteiger partial charge in [-0.25, -0.2) is 0 Å². The van der Waals surface area contributed by atoms with Crippen molar-refractivity contribution in [3.63, 3.8) is 0 Å². The third-order valence-electron chi connectivity index (χ3n) is 4.87. The normalized spacial score (nSPS) is 13.0. The van der Waals surface area contributed by atoms with Crippen LogP contribution in [0.2, 0.25) is 18.1 Å². The van der Waals surface area contributed by atoms with Crippen LogP contribution in [0.25, 0.3) is 11.0 Å². The van der Waals surface area contributed by atoms with Crippen LogP contribution in [0.15, 0.2) is 15.2 Å². The van der Waals surface area contributed by atoms with E-state index in [1.165, 1.54) is 16.7 Å². The molecule has 0 spiro atoms. The van der Waals surface area contributed by atoms with E-state index in [-0.39, 0.29) is 5.04 Å². The van der Waals surface area contributed by atoms with Crippen LogP contribution in [-0.2, 0) is 0 Å². The van der Waals surface area contributed by atoms with Gasteiger partial charge in [0.05, 0.1) is 5.39 Å². The minimum atomic E-state index is -1.87. The molecule has 1 aromatic heterocycles. The first-order valence-corrected chi connectivity index (χ1v) is 11.0. The van der Waals surface area contributed by atoms with Crippen LogP contribution in [0.3, 0.4) is 0 Å². The summed E-state index contributed by atoms with van der Waals surface area (Å²) in [4.78, 5) is 0. The molecule has 0 N–H and O–H groups in total. The molecular formula is C17H25BrO2Si. The van der Waals surface area contributed by atoms with Gasteiger partial charge in [0.15, 0.2) is 5.75 Å². The second-order valence-corrected chi connectivity index (χ2v) is 12.9. The maximum atomic E-state index is 6.47. The summed E-state index contributed by atoms with van der Waals surface area (Å²) in [6, 6.07) is 0. The molecule has 0 saturated heterocycles. The lowest BCUT2D eigenvalue weighted by molar-refractivity contribution is 0.483. The first kappa shape index (κ1) is 16.6. The number of rotatable bonds is 2. The summed E-state index contributed by atoms with van der Waals surface area (Å²) >= 11 is 3.70. The van der Waals surface area contributed by atoms with Gasteiger partial charge in [0.1, 0.15) is 11.8 Å². The highest BCUT2D eigenvalue weighted by atomic mass is 79.9. The molecule has 0 radical (unpaired) electrons. The van der Waals surface area contributed by atoms with Crippen molar-refractivity contribution in [3.8, 4) is 5.75 Å². The molecular weight excluding hydrogens is 344 g/mol. The Labute approximate surface area is 137 Å². The Bertz CT molecular complexity index is 693. The molecule has 0 unspecified atom stereocenters. The maximum Gasteiger partial charge on any atom is 0.250 e. The zero-order valence-corrected chi connectivity index (χ0v) is 16.9. The van der Waals surface area contributed by atoms with Crippen molar-refractivity contribution in [2.24, 2.45) is 0 Å². The largest absolute Gasteiger partial charge is 0.541 e. The summed E-state index contributed by atoms with van der Waals surface area (Å²) in [6.45, 7) is 17.6. The van der Waals surface area contributed by atoms with Crippen molar-refractivity contribution < 1.29 is 8.84 Å². The number of hydrogen-bond acceptors (Lipinski definition) is 2. The van der Waals surface area contributed by atoms with Crippen LogP contribution in [0.5, 0.6) is 5.75 Å². The topological polar surface area (TPSA) is 22.4 Å². The molecule has 0 atom stereocenters. The van der Waals surface area contributed by atoms with E-state index in [0.717, 1.165) is 21.2 Å². The van der Waals surface area contributed by atoms with Gasteiger partial charge in [-0.3, -0.25) is 0 Å². The Hall–Kier alpha value is -0.743. The Morgan fingerprint density at radius 3 is 2.14 bits per heavy atom. The summed E-state index contributed by atoms with van der Waals surface area (Å²) in [5, 5.41) is 1.27. The zero-order chi connectivity index (χ0) is 16.2. The van der Waals surface area contributed by atoms with Gasteiger partial charge < -0.3 is 8.84 Å². The van der Waals surface area contributed by atoms with Crippen molar-refractivity contribution in [2.75, 3.05) is 0 Å². The van der Waals surface area contributed by atoms with Gasteiger partial charge in [-0.2, -0.15) is 0 Å². The fourth-order valence-electron chi connectivity index (χ4n) is 2.20. The summed E-state index contributed by atoms with van der Waals surface area (Å²) < 4.78 is 13.5. The summed E-state index contributed by atoms with van der Waals surface area (Å²) in [5.74, 6) is 0.887. The summed E-state index contributed by atoms with van der Waals surface area (Å²) in [6.07, 6.45) is 1.77. The van der Waals surface area contributed by atoms with Crippen LogP contribution >= 0.6 is 15.9 Å². The molecule has 2 nitrogen and oxygen atoms in total. The van der Waals surface area contributed by atoms with Gasteiger partial charge in [0, 0.05) is 4.47 Å². The molecule has 0 fully saturated rings. The van der Waals surface area contributed by atoms with Crippen LogP contribution < -0.4 is 4.43 Å². The van der Waals surface area contributed by atoms with Gasteiger partial charge in [-0.15, -0.1) is 0 Å². The molecule has 0 aliphatic heterocycles. The first-order chi connectivity index (χ1) is 9.47. The average Bonchev–Trinajstić information content (AvgIpc) is 2.75. The monoisotopic (exact) mass is 368 g/mol. The fourth-order valence-corrected chi connectivity index (χ4v) is 3.70. The molecule has 21 heavy (non-hydrogen) atoms. The number of furan rings is 1. The number of aryl methyl sites for hydroxylation is 2. The number of hydrogen-bond donors (Lipinski definition) is 0. The van der Waals surface area contributed by atoms with E-state index >= 15 is 0 Å². The van der Waals surface area contributed by atoms with Crippen LogP contribution in [0.4, 0.5) is 0 Å². The number of fused-ring (bicyclic) bond motifs is 1. The standard InChI is InChI=1S/C17H25BrO2Si/c1-10-11(2)16-14(12(3)15(10)18)13(9-19-16)20-21(7,8)17(4,5)6/h9H,1-8H3. The van der Waals surface area contributed by atoms with E-state index in [1.54, 1.807) is 6.26 Å². The molecule has 1 heterocycles. The quantitative estimate of drug-likeness (QED) is 0.564. The van der Waals surface area contributed by atoms with Gasteiger partial charge in [0.2, 0.25) is 0 Å². The van der Waals surface area contributed by atoms with E-state index in [1.807, 2.05) is 0 Å². The minimum absolute atomic E-state index is 0.168. The highest BCUT2D eigenvalue weighted by molar-refractivity contribution is 9.10. The van der Waals surface area contributed by atoms with Crippen molar-refractivity contribution >= 4 is 35.2 Å². The maximum absolute atomic E-state index is 6.47. The molecule has 2 rings (SSSR count). The van der Waals surface area contributed by atoms with E-state index < -0.39 is 8.32 Å². The van der Waals surface area contributed by atoms with Gasteiger partial charge >= 0.3 is 0 Å². The van der Waals surface area contributed by atoms with Crippen LogP contribution in [-0.4, -0.2) is 8.32 Å². The van der Waals surface area contributed by atoms with E-state index in [9.17, 15) is 0 Å². The second kappa shape index (κ2) is 5.16. The molecule has 1 aromatic carbocycles. The lowest BCUT2D eigenvalue weighted by Gasteiger charge is -2.36. The molecule has 116 valence electrons. The molecule has 0 saturated carbocycles. The molecule has 0 aliphatic rings. The second-order valence-electron chi connectivity index (χ2n) is 7.36. The molecule has 4 heteroatoms. The lowest BCUT2D eigenvalue weighted by Crippen LogP contribution is -2.43. The van der Waals surface area contributed by atoms with E-state index in [2.05, 4.69) is 70.6 Å². The Kier molecular flexibility index (Phi) is 4.09. The predicted molar refractivity (Wildman–Crippen MR) is 96.0 cm³/mol. The van der Waals surface area contributed by atoms with Gasteiger partial charge in [-0.1, -0.05) is 36.7 Å². The van der Waals surface area contributed by atoms with E-state index in [4.69, 9.17) is 8.84 Å². The predicted octanol–water partition coefficient (Wildman–Crippen LogP) is 6.50. The van der Waals surface area contributed by atoms with Crippen molar-refractivity contribution in [1.29, 1.82) is 0 Å². The highest BCUT2D eigenvalue weighted by Gasteiger charge is 2.39. The van der Waals surface area contributed by atoms with Crippen LogP contribution in [0.1, 0.15) is 37.5 Å². The van der Waals surface area contributed by atoms with Gasteiger partial charge in [0.25, 0.3) is 8.32 Å². The zero-order valence-electron chi connectivity index (χ0n) is 14.3. The lowest BCUT2D eigenvalue weighted by atomic mass is 10.0. The Morgan fingerprint density at radius 1 is 1.05 bits per heavy atom. The Balaban J connectivity index is 2.63. The summed E-state index contributed by atoms with van der Waals surface area (Å²) in [5.41, 5.74) is 4.54. The first-order valence-electron chi connectivity index (χ1n) is 7.33. The smallest absolute Gasteiger partial charge is 0.250 e. The third kappa shape index (κ3) is 2.68. The molecule has 0 aliphatic carbocycles. The molecule has 0 amide bonds. The van der Waals surface area contributed by atoms with Crippen molar-refractivity contribution in [2.45, 2.75) is 59.7 Å². The van der Waals surface area contributed by atoms with Gasteiger partial charge in [-0.05, 0) is 55.6 Å². The van der Waals surface area contributed by atoms with Crippen LogP contribution in [0, 0.1) is 20.8 Å². The van der Waals surface area contributed by atoms with Crippen molar-refractivity contribution in [1.82, 2.24) is 0 Å². The van der Waals surface area contributed by atoms with E-state index in [0.29, 0.717) is 0 Å². The average molecular weight is 369 g/mol. The molecule has 2 aromatic rings. The molecule has 0 bridgehead atoms. The number of benzene rings is 1.